The monoisotopic (exact) mass is 388 g/mol. The standard InChI is InChI=1S/C18H16N4S2.ClH/c1-21-13-7-3-5-9-15(13)23-17(21)11-12-19-20-18-22(2)14-8-4-6-10-16(14)24-18;/h3-12H,1-2H3;1H/b20-18+;. The van der Waals surface area contributed by atoms with Crippen molar-refractivity contribution < 1.29 is 17.0 Å². The first kappa shape index (κ1) is 17.7. The van der Waals surface area contributed by atoms with Crippen LogP contribution in [0.1, 0.15) is 5.01 Å². The van der Waals surface area contributed by atoms with E-state index in [1.165, 1.54) is 25.4 Å². The first-order chi connectivity index (χ1) is 11.7. The highest BCUT2D eigenvalue weighted by molar-refractivity contribution is 7.18. The van der Waals surface area contributed by atoms with Crippen molar-refractivity contribution in [2.75, 3.05) is 0 Å². The molecule has 0 fully saturated rings. The molecular weight excluding hydrogens is 372 g/mol. The van der Waals surface area contributed by atoms with Crippen LogP contribution in [0.25, 0.3) is 26.5 Å². The van der Waals surface area contributed by atoms with Gasteiger partial charge in [0.25, 0.3) is 5.01 Å². The minimum atomic E-state index is 0. The Morgan fingerprint density at radius 2 is 1.76 bits per heavy atom. The van der Waals surface area contributed by atoms with Crippen LogP contribution in [-0.4, -0.2) is 4.57 Å². The minimum absolute atomic E-state index is 0. The Bertz CT molecular complexity index is 1120. The number of hydrogen-bond acceptors (Lipinski definition) is 4. The highest BCUT2D eigenvalue weighted by Gasteiger charge is 2.12. The van der Waals surface area contributed by atoms with Crippen molar-refractivity contribution in [1.82, 2.24) is 9.99 Å². The van der Waals surface area contributed by atoms with Gasteiger partial charge in [0.15, 0.2) is 0 Å². The molecule has 2 heterocycles. The SMILES string of the molecule is Cn1/c(=N\N/C=C/c2sc3ccccc3[n+]2C)sc2ccccc21.[Cl-]. The van der Waals surface area contributed by atoms with Gasteiger partial charge in [-0.05, 0) is 18.2 Å². The third kappa shape index (κ3) is 3.33. The van der Waals surface area contributed by atoms with Crippen molar-refractivity contribution in [3.05, 3.63) is 64.5 Å². The zero-order valence-electron chi connectivity index (χ0n) is 13.8. The largest absolute Gasteiger partial charge is 1.00 e. The van der Waals surface area contributed by atoms with Gasteiger partial charge in [-0.2, -0.15) is 4.57 Å². The number of aromatic nitrogens is 2. The van der Waals surface area contributed by atoms with Gasteiger partial charge in [0, 0.05) is 25.4 Å². The van der Waals surface area contributed by atoms with Crippen LogP contribution in [0.15, 0.2) is 59.8 Å². The van der Waals surface area contributed by atoms with Gasteiger partial charge in [-0.15, -0.1) is 5.10 Å². The summed E-state index contributed by atoms with van der Waals surface area (Å²) >= 11 is 3.44. The van der Waals surface area contributed by atoms with Crippen LogP contribution in [-0.2, 0) is 14.1 Å². The quantitative estimate of drug-likeness (QED) is 0.399. The second-order valence-electron chi connectivity index (χ2n) is 5.45. The number of halogens is 1. The smallest absolute Gasteiger partial charge is 0.264 e. The number of fused-ring (bicyclic) bond motifs is 2. The Balaban J connectivity index is 0.00000182. The van der Waals surface area contributed by atoms with Crippen molar-refractivity contribution in [2.45, 2.75) is 0 Å². The predicted molar refractivity (Wildman–Crippen MR) is 102 cm³/mol. The lowest BCUT2D eigenvalue weighted by Gasteiger charge is -1.93. The van der Waals surface area contributed by atoms with Crippen molar-refractivity contribution in [2.24, 2.45) is 19.2 Å². The molecular formula is C18H17ClN4S2. The number of rotatable bonds is 3. The maximum absolute atomic E-state index is 4.48. The van der Waals surface area contributed by atoms with Crippen molar-refractivity contribution >= 4 is 49.2 Å². The van der Waals surface area contributed by atoms with Crippen molar-refractivity contribution in [1.29, 1.82) is 0 Å². The van der Waals surface area contributed by atoms with E-state index < -0.39 is 0 Å². The summed E-state index contributed by atoms with van der Waals surface area (Å²) in [4.78, 5) is 0.946. The molecule has 0 aliphatic heterocycles. The first-order valence-electron chi connectivity index (χ1n) is 7.62. The minimum Gasteiger partial charge on any atom is -1.00 e. The molecule has 4 aromatic rings. The predicted octanol–water partition coefficient (Wildman–Crippen LogP) is 0.359. The van der Waals surface area contributed by atoms with Gasteiger partial charge >= 0.3 is 0 Å². The zero-order chi connectivity index (χ0) is 16.5. The number of benzene rings is 2. The lowest BCUT2D eigenvalue weighted by molar-refractivity contribution is -0.642. The third-order valence-corrected chi connectivity index (χ3v) is 6.24. The molecule has 7 heteroatoms. The molecule has 1 N–H and O–H groups in total. The second kappa shape index (κ2) is 7.39. The molecule has 0 amide bonds. The van der Waals surface area contributed by atoms with Gasteiger partial charge in [-0.3, -0.25) is 5.43 Å². The van der Waals surface area contributed by atoms with E-state index in [1.54, 1.807) is 22.7 Å². The molecule has 2 aromatic carbocycles. The Morgan fingerprint density at radius 3 is 2.52 bits per heavy atom. The van der Waals surface area contributed by atoms with Gasteiger partial charge in [-0.25, -0.2) is 0 Å². The van der Waals surface area contributed by atoms with Crippen LogP contribution in [0.2, 0.25) is 0 Å². The summed E-state index contributed by atoms with van der Waals surface area (Å²) in [5, 5.41) is 5.66. The van der Waals surface area contributed by atoms with E-state index in [4.69, 9.17) is 0 Å². The number of nitrogens with zero attached hydrogens (tertiary/aromatic N) is 3. The molecule has 0 spiro atoms. The van der Waals surface area contributed by atoms with Gasteiger partial charge in [0.2, 0.25) is 10.3 Å². The van der Waals surface area contributed by atoms with Crippen LogP contribution >= 0.6 is 22.7 Å². The van der Waals surface area contributed by atoms with Crippen molar-refractivity contribution in [3.63, 3.8) is 0 Å². The van der Waals surface area contributed by atoms with Crippen LogP contribution in [0.4, 0.5) is 0 Å². The molecule has 0 radical (unpaired) electrons. The van der Waals surface area contributed by atoms with E-state index in [0.29, 0.717) is 0 Å². The topological polar surface area (TPSA) is 33.2 Å². The summed E-state index contributed by atoms with van der Waals surface area (Å²) in [5.74, 6) is 0. The van der Waals surface area contributed by atoms with Crippen LogP contribution in [0.5, 0.6) is 0 Å². The maximum Gasteiger partial charge on any atom is 0.264 e. The van der Waals surface area contributed by atoms with Crippen molar-refractivity contribution in [3.8, 4) is 0 Å². The highest BCUT2D eigenvalue weighted by Crippen LogP contribution is 2.20. The molecule has 0 saturated heterocycles. The van der Waals surface area contributed by atoms with E-state index in [0.717, 1.165) is 4.80 Å². The zero-order valence-corrected chi connectivity index (χ0v) is 16.2. The average molecular weight is 389 g/mol. The summed E-state index contributed by atoms with van der Waals surface area (Å²) in [6, 6.07) is 16.7. The Hall–Kier alpha value is -2.15. The van der Waals surface area contributed by atoms with Crippen LogP contribution in [0.3, 0.4) is 0 Å². The number of thiazole rings is 2. The summed E-state index contributed by atoms with van der Waals surface area (Å²) in [6.45, 7) is 0. The Kier molecular flexibility index (Phi) is 5.22. The maximum atomic E-state index is 4.48. The van der Waals surface area contributed by atoms with E-state index in [2.05, 4.69) is 75.2 Å². The first-order valence-corrected chi connectivity index (χ1v) is 9.25. The Labute approximate surface area is 159 Å². The number of para-hydroxylation sites is 2. The highest BCUT2D eigenvalue weighted by atomic mass is 35.5. The second-order valence-corrected chi connectivity index (χ2v) is 7.52. The number of nitrogens with one attached hydrogen (secondary N) is 1. The van der Waals surface area contributed by atoms with Gasteiger partial charge in [0.05, 0.1) is 10.2 Å². The van der Waals surface area contributed by atoms with E-state index in [-0.39, 0.29) is 12.4 Å². The van der Waals surface area contributed by atoms with E-state index in [9.17, 15) is 0 Å². The molecule has 0 unspecified atom stereocenters. The van der Waals surface area contributed by atoms with Crippen LogP contribution in [0, 0.1) is 0 Å². The third-order valence-electron chi connectivity index (χ3n) is 3.95. The summed E-state index contributed by atoms with van der Waals surface area (Å²) in [5.41, 5.74) is 5.49. The fourth-order valence-electron chi connectivity index (χ4n) is 2.66. The molecule has 0 atom stereocenters. The van der Waals surface area contributed by atoms with E-state index >= 15 is 0 Å². The Morgan fingerprint density at radius 1 is 1.04 bits per heavy atom. The molecule has 0 bridgehead atoms. The molecule has 25 heavy (non-hydrogen) atoms. The number of aryl methyl sites for hydroxylation is 2. The molecule has 0 aliphatic rings. The molecule has 0 aliphatic carbocycles. The normalized spacial score (nSPS) is 12.2. The van der Waals surface area contributed by atoms with Crippen LogP contribution < -0.4 is 27.2 Å². The summed E-state index contributed by atoms with van der Waals surface area (Å²) in [6.07, 6.45) is 3.94. The lowest BCUT2D eigenvalue weighted by atomic mass is 10.3. The molecule has 0 saturated carbocycles. The van der Waals surface area contributed by atoms with Gasteiger partial charge in [-0.1, -0.05) is 46.9 Å². The lowest BCUT2D eigenvalue weighted by Crippen LogP contribution is -3.00. The molecule has 4 nitrogen and oxygen atoms in total. The number of hydrogen-bond donors (Lipinski definition) is 1. The summed E-state index contributed by atoms with van der Waals surface area (Å²) < 4.78 is 6.81. The molecule has 128 valence electrons. The fraction of sp³-hybridized carbons (Fsp3) is 0.111. The molecule has 2 aromatic heterocycles. The van der Waals surface area contributed by atoms with Gasteiger partial charge < -0.3 is 17.0 Å². The van der Waals surface area contributed by atoms with Gasteiger partial charge in [0.1, 0.15) is 11.7 Å². The van der Waals surface area contributed by atoms with E-state index in [1.807, 2.05) is 19.3 Å². The summed E-state index contributed by atoms with van der Waals surface area (Å²) in [7, 11) is 4.12. The molecule has 4 rings (SSSR count). The average Bonchev–Trinajstić information content (AvgIpc) is 3.10. The fourth-order valence-corrected chi connectivity index (χ4v) is 4.69.